The predicted octanol–water partition coefficient (Wildman–Crippen LogP) is 10.9. The summed E-state index contributed by atoms with van der Waals surface area (Å²) in [7, 11) is 0. The minimum Gasteiger partial charge on any atom is -0.457 e. The van der Waals surface area contributed by atoms with Gasteiger partial charge in [-0.3, -0.25) is 4.98 Å². The summed E-state index contributed by atoms with van der Waals surface area (Å²) in [6.45, 7) is 4.53. The lowest BCUT2D eigenvalue weighted by molar-refractivity contribution is 0.418. The lowest BCUT2D eigenvalue weighted by Gasteiger charge is -2.35. The highest BCUT2D eigenvalue weighted by atomic mass is 16.5. The molecule has 1 aliphatic rings. The van der Waals surface area contributed by atoms with Gasteiger partial charge in [0.05, 0.1) is 34.1 Å². The van der Waals surface area contributed by atoms with E-state index < -0.39 is 0 Å². The molecule has 49 heavy (non-hydrogen) atoms. The van der Waals surface area contributed by atoms with Gasteiger partial charge in [-0.1, -0.05) is 50.2 Å². The fourth-order valence-corrected chi connectivity index (χ4v) is 7.22. The molecular weight excluding hydrogens is 601 g/mol. The number of fused-ring (bicyclic) bond motifs is 5. The van der Waals surface area contributed by atoms with Gasteiger partial charge in [0, 0.05) is 56.5 Å². The van der Waals surface area contributed by atoms with Crippen LogP contribution in [0.2, 0.25) is 0 Å². The first-order valence-corrected chi connectivity index (χ1v) is 16.4. The molecule has 0 saturated heterocycles. The molecule has 0 fully saturated rings. The van der Waals surface area contributed by atoms with Gasteiger partial charge in [-0.15, -0.1) is 0 Å². The summed E-state index contributed by atoms with van der Waals surface area (Å²) in [5.74, 6) is 1.73. The molecule has 5 aromatic carbocycles. The van der Waals surface area contributed by atoms with Gasteiger partial charge in [0.2, 0.25) is 0 Å². The third-order valence-corrected chi connectivity index (χ3v) is 9.79. The molecule has 4 heterocycles. The fraction of sp³-hybridized carbons (Fsp3) is 0.0682. The molecule has 0 N–H and O–H groups in total. The normalized spacial score (nSPS) is 13.0. The third-order valence-electron chi connectivity index (χ3n) is 9.79. The lowest BCUT2D eigenvalue weighted by atomic mass is 9.74. The monoisotopic (exact) mass is 630 g/mol. The Bertz CT molecular complexity index is 2610. The summed E-state index contributed by atoms with van der Waals surface area (Å²) in [4.78, 5) is 9.15. The van der Waals surface area contributed by atoms with Crippen LogP contribution in [0.5, 0.6) is 11.5 Å². The Kier molecular flexibility index (Phi) is 6.47. The van der Waals surface area contributed by atoms with Crippen molar-refractivity contribution in [3.63, 3.8) is 0 Å². The predicted molar refractivity (Wildman–Crippen MR) is 196 cm³/mol. The van der Waals surface area contributed by atoms with Crippen molar-refractivity contribution in [2.45, 2.75) is 19.3 Å². The minimum absolute atomic E-state index is 0.327. The first-order chi connectivity index (χ1) is 24.0. The number of para-hydroxylation sites is 1. The molecule has 0 atom stereocenters. The van der Waals surface area contributed by atoms with Crippen LogP contribution in [-0.2, 0) is 5.41 Å². The van der Waals surface area contributed by atoms with Gasteiger partial charge >= 0.3 is 0 Å². The van der Waals surface area contributed by atoms with Crippen molar-refractivity contribution in [2.75, 3.05) is 0 Å². The molecule has 5 heteroatoms. The van der Waals surface area contributed by atoms with Gasteiger partial charge in [0.1, 0.15) is 11.5 Å². The van der Waals surface area contributed by atoms with Crippen LogP contribution in [0.25, 0.3) is 61.1 Å². The topological polar surface area (TPSA) is 63.7 Å². The Labute approximate surface area is 284 Å². The van der Waals surface area contributed by atoms with Crippen LogP contribution in [-0.4, -0.2) is 14.5 Å². The molecule has 0 radical (unpaired) electrons. The van der Waals surface area contributed by atoms with Crippen molar-refractivity contribution in [3.05, 3.63) is 163 Å². The van der Waals surface area contributed by atoms with Gasteiger partial charge in [-0.25, -0.2) is 4.98 Å². The second-order valence-corrected chi connectivity index (χ2v) is 13.0. The Hall–Kier alpha value is -6.51. The fourth-order valence-electron chi connectivity index (χ4n) is 7.22. The van der Waals surface area contributed by atoms with Crippen LogP contribution in [0.1, 0.15) is 30.5 Å². The van der Waals surface area contributed by atoms with Gasteiger partial charge in [0.15, 0.2) is 0 Å². The Morgan fingerprint density at radius 2 is 1.20 bits per heavy atom. The quantitative estimate of drug-likeness (QED) is 0.194. The standard InChI is InChI=1S/C44H30N4O/c1-44(2)36-25-31(30-12-16-41-35(24-30)34-23-28(27-45)11-15-40(34)48(41)33-7-4-3-5-8-33)13-17-42(36)49-43-18-14-32(26-37(43)44)39-10-6-9-38(47-39)29-19-21-46-22-20-29/h3-26H,1-2H3. The summed E-state index contributed by atoms with van der Waals surface area (Å²) in [5, 5.41) is 11.9. The number of rotatable bonds is 4. The first-order valence-electron chi connectivity index (χ1n) is 16.4. The van der Waals surface area contributed by atoms with E-state index in [0.717, 1.165) is 83.8 Å². The molecule has 8 aromatic rings. The summed E-state index contributed by atoms with van der Waals surface area (Å²) < 4.78 is 8.81. The van der Waals surface area contributed by atoms with E-state index in [9.17, 15) is 5.26 Å². The molecule has 0 saturated carbocycles. The van der Waals surface area contributed by atoms with E-state index in [1.165, 1.54) is 0 Å². The summed E-state index contributed by atoms with van der Waals surface area (Å²) in [6, 6.07) is 48.3. The molecular formula is C44H30N4O. The van der Waals surface area contributed by atoms with Crippen molar-refractivity contribution in [1.82, 2.24) is 14.5 Å². The number of hydrogen-bond donors (Lipinski definition) is 0. The number of aromatic nitrogens is 3. The Morgan fingerprint density at radius 1 is 0.592 bits per heavy atom. The highest BCUT2D eigenvalue weighted by molar-refractivity contribution is 6.11. The number of pyridine rings is 2. The highest BCUT2D eigenvalue weighted by Gasteiger charge is 2.35. The number of ether oxygens (including phenoxy) is 1. The van der Waals surface area contributed by atoms with E-state index in [1.54, 1.807) is 12.4 Å². The van der Waals surface area contributed by atoms with Crippen LogP contribution in [0.4, 0.5) is 0 Å². The van der Waals surface area contributed by atoms with Gasteiger partial charge in [-0.05, 0) is 108 Å². The first kappa shape index (κ1) is 28.7. The van der Waals surface area contributed by atoms with Crippen LogP contribution in [0.3, 0.4) is 0 Å². The molecule has 0 unspecified atom stereocenters. The van der Waals surface area contributed by atoms with Crippen molar-refractivity contribution in [3.8, 4) is 56.9 Å². The maximum Gasteiger partial charge on any atom is 0.131 e. The molecule has 232 valence electrons. The molecule has 1 aliphatic heterocycles. The number of benzene rings is 5. The van der Waals surface area contributed by atoms with Gasteiger partial charge in [0.25, 0.3) is 0 Å². The Morgan fingerprint density at radius 3 is 1.94 bits per heavy atom. The number of hydrogen-bond acceptors (Lipinski definition) is 4. The maximum absolute atomic E-state index is 9.72. The second kappa shape index (κ2) is 11.0. The van der Waals surface area contributed by atoms with Crippen LogP contribution < -0.4 is 4.74 Å². The largest absolute Gasteiger partial charge is 0.457 e. The van der Waals surface area contributed by atoms with E-state index in [0.29, 0.717) is 5.56 Å². The third kappa shape index (κ3) is 4.69. The lowest BCUT2D eigenvalue weighted by Crippen LogP contribution is -2.24. The molecule has 0 aliphatic carbocycles. The average Bonchev–Trinajstić information content (AvgIpc) is 3.48. The minimum atomic E-state index is -0.327. The van der Waals surface area contributed by atoms with Crippen LogP contribution in [0, 0.1) is 11.3 Å². The van der Waals surface area contributed by atoms with Crippen molar-refractivity contribution >= 4 is 21.8 Å². The van der Waals surface area contributed by atoms with E-state index in [4.69, 9.17) is 9.72 Å². The molecule has 0 spiro atoms. The van der Waals surface area contributed by atoms with E-state index in [-0.39, 0.29) is 5.41 Å². The van der Waals surface area contributed by atoms with Crippen molar-refractivity contribution in [2.24, 2.45) is 0 Å². The van der Waals surface area contributed by atoms with Crippen LogP contribution >= 0.6 is 0 Å². The maximum atomic E-state index is 9.72. The van der Waals surface area contributed by atoms with E-state index in [2.05, 4.69) is 127 Å². The summed E-state index contributed by atoms with van der Waals surface area (Å²) in [5.41, 5.74) is 12.0. The zero-order chi connectivity index (χ0) is 33.1. The molecule has 3 aromatic heterocycles. The van der Waals surface area contributed by atoms with Crippen molar-refractivity contribution in [1.29, 1.82) is 5.26 Å². The summed E-state index contributed by atoms with van der Waals surface area (Å²) >= 11 is 0. The molecule has 9 rings (SSSR count). The van der Waals surface area contributed by atoms with Gasteiger partial charge < -0.3 is 9.30 Å². The van der Waals surface area contributed by atoms with Gasteiger partial charge in [-0.2, -0.15) is 5.26 Å². The summed E-state index contributed by atoms with van der Waals surface area (Å²) in [6.07, 6.45) is 3.58. The zero-order valence-corrected chi connectivity index (χ0v) is 27.1. The number of nitriles is 1. The Balaban J connectivity index is 1.13. The number of nitrogens with zero attached hydrogens (tertiary/aromatic N) is 4. The molecule has 5 nitrogen and oxygen atoms in total. The van der Waals surface area contributed by atoms with E-state index in [1.807, 2.05) is 36.4 Å². The van der Waals surface area contributed by atoms with Crippen LogP contribution in [0.15, 0.2) is 146 Å². The second-order valence-electron chi connectivity index (χ2n) is 13.0. The SMILES string of the molecule is CC1(C)c2cc(-c3ccc4c(c3)c3cc(C#N)ccc3n4-c3ccccc3)ccc2Oc2ccc(-c3cccc(-c4ccncc4)n3)cc21. The highest BCUT2D eigenvalue weighted by Crippen LogP contribution is 2.50. The molecule has 0 bridgehead atoms. The zero-order valence-electron chi connectivity index (χ0n) is 27.1. The van der Waals surface area contributed by atoms with E-state index >= 15 is 0 Å². The molecule has 0 amide bonds. The smallest absolute Gasteiger partial charge is 0.131 e. The average molecular weight is 631 g/mol. The van der Waals surface area contributed by atoms with Crippen molar-refractivity contribution < 1.29 is 4.74 Å².